The summed E-state index contributed by atoms with van der Waals surface area (Å²) in [6.07, 6.45) is 1.31. The predicted molar refractivity (Wildman–Crippen MR) is 124 cm³/mol. The monoisotopic (exact) mass is 570 g/mol. The SMILES string of the molecule is O=S(=O)(O)C(=Cc1ccccc1)S(=O)(=O)O.O=S(=O)(O)C(=Cc1ccccc1)S(=O)(=O)O.[CaH2]. The zero-order valence-electron chi connectivity index (χ0n) is 15.6. The average Bonchev–Trinajstić information content (AvgIpc) is 2.63. The molecule has 0 saturated carbocycles. The molecule has 180 valence electrons. The summed E-state index contributed by atoms with van der Waals surface area (Å²) in [7, 11) is -20.0. The molecule has 2 aromatic carbocycles. The molecule has 0 amide bonds. The maximum absolute atomic E-state index is 10.7. The van der Waals surface area contributed by atoms with E-state index in [0.29, 0.717) is 12.2 Å². The van der Waals surface area contributed by atoms with Crippen molar-refractivity contribution in [3.05, 3.63) is 80.3 Å². The van der Waals surface area contributed by atoms with Gasteiger partial charge in [0.1, 0.15) is 0 Å². The van der Waals surface area contributed by atoms with Gasteiger partial charge in [0.2, 0.25) is 8.47 Å². The van der Waals surface area contributed by atoms with Crippen LogP contribution in [-0.2, 0) is 40.5 Å². The molecule has 0 atom stereocenters. The second-order valence-corrected chi connectivity index (χ2v) is 11.7. The van der Waals surface area contributed by atoms with Crippen molar-refractivity contribution in [3.63, 3.8) is 0 Å². The fraction of sp³-hybridized carbons (Fsp3) is 0. The molecule has 4 N–H and O–H groups in total. The summed E-state index contributed by atoms with van der Waals surface area (Å²) in [5.41, 5.74) is 0.431. The molecule has 2 rings (SSSR count). The average molecular weight is 571 g/mol. The van der Waals surface area contributed by atoms with E-state index < -0.39 is 48.9 Å². The normalized spacial score (nSPS) is 11.8. The Hall–Kier alpha value is -1.18. The van der Waals surface area contributed by atoms with Gasteiger partial charge in [-0.1, -0.05) is 60.7 Å². The van der Waals surface area contributed by atoms with Gasteiger partial charge in [-0.25, -0.2) is 0 Å². The van der Waals surface area contributed by atoms with E-state index in [-0.39, 0.29) is 48.9 Å². The van der Waals surface area contributed by atoms with Gasteiger partial charge in [0, 0.05) is 0 Å². The summed E-state index contributed by atoms with van der Waals surface area (Å²) in [6.45, 7) is 0. The van der Waals surface area contributed by atoms with Crippen molar-refractivity contribution in [1.29, 1.82) is 0 Å². The molecule has 0 fully saturated rings. The molecule has 0 saturated heterocycles. The summed E-state index contributed by atoms with van der Waals surface area (Å²) in [5.74, 6) is 0. The van der Waals surface area contributed by atoms with Gasteiger partial charge in [-0.05, 0) is 23.3 Å². The van der Waals surface area contributed by atoms with Crippen LogP contribution in [0.3, 0.4) is 0 Å². The van der Waals surface area contributed by atoms with Crippen LogP contribution in [0.1, 0.15) is 11.1 Å². The Morgan fingerprint density at radius 1 is 0.485 bits per heavy atom. The Labute approximate surface area is 220 Å². The van der Waals surface area contributed by atoms with E-state index in [2.05, 4.69) is 0 Å². The molecule has 0 spiro atoms. The van der Waals surface area contributed by atoms with Gasteiger partial charge in [0.15, 0.2) is 0 Å². The van der Waals surface area contributed by atoms with Crippen LogP contribution in [0.5, 0.6) is 0 Å². The Morgan fingerprint density at radius 3 is 0.879 bits per heavy atom. The van der Waals surface area contributed by atoms with Crippen molar-refractivity contribution in [2.75, 3.05) is 0 Å². The summed E-state index contributed by atoms with van der Waals surface area (Å²) < 4.78 is 117. The summed E-state index contributed by atoms with van der Waals surface area (Å²) in [5, 5.41) is 0. The van der Waals surface area contributed by atoms with Crippen molar-refractivity contribution < 1.29 is 51.9 Å². The van der Waals surface area contributed by atoms with Crippen LogP contribution in [-0.4, -0.2) is 89.6 Å². The predicted octanol–water partition coefficient (Wildman–Crippen LogP) is 0.605. The first-order valence-corrected chi connectivity index (χ1v) is 13.6. The zero-order chi connectivity index (χ0) is 24.8. The van der Waals surface area contributed by atoms with Crippen LogP contribution >= 0.6 is 0 Å². The first kappa shape index (κ1) is 31.8. The number of hydrogen-bond acceptors (Lipinski definition) is 8. The molecular formula is C16H18CaO12S4. The van der Waals surface area contributed by atoms with E-state index >= 15 is 0 Å². The quantitative estimate of drug-likeness (QED) is 0.277. The minimum absolute atomic E-state index is 0. The second-order valence-electron chi connectivity index (χ2n) is 5.65. The molecule has 0 radical (unpaired) electrons. The number of rotatable bonds is 6. The third-order valence-electron chi connectivity index (χ3n) is 3.19. The molecule has 2 aromatic rings. The standard InChI is InChI=1S/2C8H8O6S2.Ca.2H/c2*9-15(10,11)8(16(12,13)14)6-7-4-2-1-3-5-7;;;/h2*1-6H,(H,9,10,11)(H,12,13,14);;;. The Bertz CT molecular complexity index is 1250. The van der Waals surface area contributed by atoms with E-state index in [1.54, 1.807) is 12.1 Å². The van der Waals surface area contributed by atoms with Gasteiger partial charge in [-0.3, -0.25) is 18.2 Å². The topological polar surface area (TPSA) is 217 Å². The summed E-state index contributed by atoms with van der Waals surface area (Å²) >= 11 is 0. The van der Waals surface area contributed by atoms with Gasteiger partial charge >= 0.3 is 78.2 Å². The van der Waals surface area contributed by atoms with E-state index in [1.165, 1.54) is 48.5 Å². The van der Waals surface area contributed by atoms with Gasteiger partial charge in [-0.2, -0.15) is 33.7 Å². The van der Waals surface area contributed by atoms with Crippen molar-refractivity contribution in [3.8, 4) is 0 Å². The molecule has 17 heteroatoms. The zero-order valence-corrected chi connectivity index (χ0v) is 18.9. The van der Waals surface area contributed by atoms with Crippen LogP contribution in [0.4, 0.5) is 0 Å². The Morgan fingerprint density at radius 2 is 0.697 bits per heavy atom. The number of hydrogen-bond donors (Lipinski definition) is 4. The summed E-state index contributed by atoms with van der Waals surface area (Å²) in [4.78, 5) is 0. The van der Waals surface area contributed by atoms with Crippen LogP contribution in [0.25, 0.3) is 12.2 Å². The first-order valence-electron chi connectivity index (χ1n) is 7.86. The van der Waals surface area contributed by atoms with E-state index in [4.69, 9.17) is 18.2 Å². The molecule has 0 aromatic heterocycles. The van der Waals surface area contributed by atoms with Crippen LogP contribution in [0.15, 0.2) is 69.1 Å². The third kappa shape index (κ3) is 11.7. The van der Waals surface area contributed by atoms with Gasteiger partial charge in [0.25, 0.3) is 0 Å². The van der Waals surface area contributed by atoms with Crippen molar-refractivity contribution in [1.82, 2.24) is 0 Å². The van der Waals surface area contributed by atoms with E-state index in [1.807, 2.05) is 0 Å². The molecule has 33 heavy (non-hydrogen) atoms. The van der Waals surface area contributed by atoms with E-state index in [9.17, 15) is 33.7 Å². The fourth-order valence-corrected chi connectivity index (χ4v) is 5.20. The van der Waals surface area contributed by atoms with Crippen LogP contribution < -0.4 is 0 Å². The van der Waals surface area contributed by atoms with Crippen molar-refractivity contribution in [2.24, 2.45) is 0 Å². The molecule has 0 heterocycles. The van der Waals surface area contributed by atoms with E-state index in [0.717, 1.165) is 0 Å². The van der Waals surface area contributed by atoms with Gasteiger partial charge in [0.05, 0.1) is 0 Å². The van der Waals surface area contributed by atoms with Gasteiger partial charge < -0.3 is 0 Å². The molecule has 12 nitrogen and oxygen atoms in total. The minimum atomic E-state index is -5.00. The Balaban J connectivity index is 0.000000602. The second kappa shape index (κ2) is 12.5. The molecular weight excluding hydrogens is 553 g/mol. The summed E-state index contributed by atoms with van der Waals surface area (Å²) in [6, 6.07) is 15.1. The Kier molecular flexibility index (Phi) is 12.1. The molecule has 0 bridgehead atoms. The van der Waals surface area contributed by atoms with Crippen LogP contribution in [0.2, 0.25) is 0 Å². The molecule has 0 unspecified atom stereocenters. The van der Waals surface area contributed by atoms with Crippen LogP contribution in [0, 0.1) is 0 Å². The van der Waals surface area contributed by atoms with Gasteiger partial charge in [-0.15, -0.1) is 0 Å². The number of benzene rings is 2. The van der Waals surface area contributed by atoms with Crippen molar-refractivity contribution in [2.45, 2.75) is 0 Å². The fourth-order valence-electron chi connectivity index (χ4n) is 1.93. The first-order chi connectivity index (χ1) is 14.4. The van der Waals surface area contributed by atoms with Crippen molar-refractivity contribution >= 4 is 90.4 Å². The maximum atomic E-state index is 10.7. The molecule has 0 aliphatic heterocycles. The molecule has 0 aliphatic rings. The third-order valence-corrected chi connectivity index (χ3v) is 8.22. The molecule has 0 aliphatic carbocycles.